The largest absolute Gasteiger partial charge is 0.370 e. The zero-order valence-corrected chi connectivity index (χ0v) is 17.8. The number of carbonyl (C=O) groups is 1. The molecular formula is C25H39NO2. The molecule has 0 aromatic rings. The van der Waals surface area contributed by atoms with E-state index in [-0.39, 0.29) is 11.7 Å². The van der Waals surface area contributed by atoms with Crippen molar-refractivity contribution in [3.05, 3.63) is 0 Å². The Balaban J connectivity index is 1.02. The summed E-state index contributed by atoms with van der Waals surface area (Å²) in [5.41, 5.74) is 0.502. The Bertz CT molecular complexity index is 570. The third-order valence-electron chi connectivity index (χ3n) is 9.72. The van der Waals surface area contributed by atoms with Crippen molar-refractivity contribution in [2.45, 2.75) is 102 Å². The van der Waals surface area contributed by atoms with Gasteiger partial charge < -0.3 is 10.1 Å². The van der Waals surface area contributed by atoms with Gasteiger partial charge in [0.15, 0.2) is 0 Å². The van der Waals surface area contributed by atoms with Crippen LogP contribution in [0.1, 0.15) is 90.4 Å². The molecule has 0 unspecified atom stereocenters. The molecule has 1 N–H and O–H groups in total. The van der Waals surface area contributed by atoms with Gasteiger partial charge in [0, 0.05) is 13.0 Å². The highest BCUT2D eigenvalue weighted by molar-refractivity contribution is 5.76. The fourth-order valence-corrected chi connectivity index (χ4v) is 9.81. The molecule has 8 rings (SSSR count). The van der Waals surface area contributed by atoms with E-state index in [2.05, 4.69) is 12.2 Å². The first-order chi connectivity index (χ1) is 13.5. The van der Waals surface area contributed by atoms with Gasteiger partial charge in [-0.1, -0.05) is 0 Å². The smallest absolute Gasteiger partial charge is 0.220 e. The van der Waals surface area contributed by atoms with Crippen LogP contribution in [0.25, 0.3) is 0 Å². The van der Waals surface area contributed by atoms with Crippen molar-refractivity contribution in [2.75, 3.05) is 6.54 Å². The van der Waals surface area contributed by atoms with Gasteiger partial charge in [0.05, 0.1) is 11.7 Å². The maximum atomic E-state index is 12.8. The van der Waals surface area contributed by atoms with Gasteiger partial charge in [-0.3, -0.25) is 4.79 Å². The van der Waals surface area contributed by atoms with E-state index < -0.39 is 0 Å². The lowest BCUT2D eigenvalue weighted by atomic mass is 9.49. The molecule has 8 aliphatic carbocycles. The molecule has 8 bridgehead atoms. The molecule has 1 atom stereocenters. The Labute approximate surface area is 170 Å². The summed E-state index contributed by atoms with van der Waals surface area (Å²) in [6, 6.07) is 0. The van der Waals surface area contributed by atoms with Gasteiger partial charge in [0.1, 0.15) is 0 Å². The molecule has 8 saturated carbocycles. The van der Waals surface area contributed by atoms with Gasteiger partial charge in [-0.15, -0.1) is 0 Å². The zero-order valence-electron chi connectivity index (χ0n) is 17.8. The Kier molecular flexibility index (Phi) is 4.20. The lowest BCUT2D eigenvalue weighted by Gasteiger charge is -2.57. The number of ether oxygens (including phenoxy) is 1. The van der Waals surface area contributed by atoms with Crippen LogP contribution in [0.15, 0.2) is 0 Å². The molecule has 8 fully saturated rings. The predicted molar refractivity (Wildman–Crippen MR) is 110 cm³/mol. The second kappa shape index (κ2) is 6.46. The fourth-order valence-electron chi connectivity index (χ4n) is 9.81. The van der Waals surface area contributed by atoms with Crippen molar-refractivity contribution in [1.82, 2.24) is 5.32 Å². The first-order valence-electron chi connectivity index (χ1n) is 12.4. The first kappa shape index (κ1) is 18.2. The van der Waals surface area contributed by atoms with Crippen LogP contribution in [0.4, 0.5) is 0 Å². The van der Waals surface area contributed by atoms with Crippen molar-refractivity contribution in [3.8, 4) is 0 Å². The number of amides is 1. The molecule has 0 aromatic heterocycles. The fraction of sp³-hybridized carbons (Fsp3) is 0.960. The van der Waals surface area contributed by atoms with Crippen LogP contribution in [-0.4, -0.2) is 24.2 Å². The van der Waals surface area contributed by atoms with Crippen LogP contribution < -0.4 is 5.32 Å². The standard InChI is InChI=1S/C25H39NO2/c1-16(28-25-11-20-5-21(12-25)7-22(6-20)13-25)15-26-23(27)14-24-8-17-2-18(9-24)4-19(3-17)10-24/h16-22H,2-15H2,1H3,(H,26,27)/t16-,17?,18?,19?,20?,21?,22?,24?,25?/m0/s1. The monoisotopic (exact) mass is 385 g/mol. The van der Waals surface area contributed by atoms with Crippen molar-refractivity contribution in [3.63, 3.8) is 0 Å². The van der Waals surface area contributed by atoms with E-state index in [1.807, 2.05) is 0 Å². The summed E-state index contributed by atoms with van der Waals surface area (Å²) >= 11 is 0. The molecule has 0 heterocycles. The van der Waals surface area contributed by atoms with E-state index >= 15 is 0 Å². The maximum Gasteiger partial charge on any atom is 0.220 e. The van der Waals surface area contributed by atoms with Crippen LogP contribution in [0.5, 0.6) is 0 Å². The quantitative estimate of drug-likeness (QED) is 0.692. The summed E-state index contributed by atoms with van der Waals surface area (Å²) in [6.45, 7) is 2.89. The highest BCUT2D eigenvalue weighted by Crippen LogP contribution is 2.61. The summed E-state index contributed by atoms with van der Waals surface area (Å²) in [6.07, 6.45) is 17.5. The minimum atomic E-state index is 0.150. The first-order valence-corrected chi connectivity index (χ1v) is 12.4. The Morgan fingerprint density at radius 3 is 1.71 bits per heavy atom. The van der Waals surface area contributed by atoms with Gasteiger partial charge in [-0.2, -0.15) is 0 Å². The molecule has 156 valence electrons. The van der Waals surface area contributed by atoms with Crippen LogP contribution in [0.3, 0.4) is 0 Å². The predicted octanol–water partition coefficient (Wildman–Crippen LogP) is 5.08. The van der Waals surface area contributed by atoms with Crippen LogP contribution in [0, 0.1) is 40.9 Å². The van der Waals surface area contributed by atoms with E-state index in [4.69, 9.17) is 4.74 Å². The van der Waals surface area contributed by atoms with E-state index in [1.54, 1.807) is 0 Å². The van der Waals surface area contributed by atoms with E-state index in [9.17, 15) is 4.79 Å². The van der Waals surface area contributed by atoms with E-state index in [1.165, 1.54) is 77.0 Å². The molecule has 3 heteroatoms. The summed E-state index contributed by atoms with van der Waals surface area (Å²) in [5.74, 6) is 5.84. The summed E-state index contributed by atoms with van der Waals surface area (Å²) in [5, 5.41) is 3.28. The molecule has 1 amide bonds. The second-order valence-electron chi connectivity index (χ2n) is 12.4. The zero-order chi connectivity index (χ0) is 18.9. The van der Waals surface area contributed by atoms with Crippen LogP contribution >= 0.6 is 0 Å². The summed E-state index contributed by atoms with van der Waals surface area (Å²) in [4.78, 5) is 12.8. The molecule has 8 aliphatic rings. The van der Waals surface area contributed by atoms with Gasteiger partial charge in [0.2, 0.25) is 5.91 Å². The second-order valence-corrected chi connectivity index (χ2v) is 12.4. The molecule has 28 heavy (non-hydrogen) atoms. The average Bonchev–Trinajstić information content (AvgIpc) is 2.56. The Morgan fingerprint density at radius 1 is 0.821 bits per heavy atom. The van der Waals surface area contributed by atoms with Gasteiger partial charge >= 0.3 is 0 Å². The third kappa shape index (κ3) is 3.24. The molecule has 0 saturated heterocycles. The summed E-state index contributed by atoms with van der Waals surface area (Å²) < 4.78 is 6.68. The average molecular weight is 386 g/mol. The SMILES string of the molecule is C[C@@H](CNC(=O)CC12CC3CC(CC(C3)C1)C2)OC12CC3CC(CC(C3)C1)C2. The van der Waals surface area contributed by atoms with Crippen molar-refractivity contribution in [1.29, 1.82) is 0 Å². The van der Waals surface area contributed by atoms with Gasteiger partial charge in [-0.05, 0) is 125 Å². The molecule has 3 nitrogen and oxygen atoms in total. The van der Waals surface area contributed by atoms with Crippen LogP contribution in [0.2, 0.25) is 0 Å². The molecule has 0 aliphatic heterocycles. The minimum absolute atomic E-state index is 0.150. The summed E-state index contributed by atoms with van der Waals surface area (Å²) in [7, 11) is 0. The Morgan fingerprint density at radius 2 is 1.25 bits per heavy atom. The number of carbonyl (C=O) groups excluding carboxylic acids is 1. The molecule has 0 spiro atoms. The topological polar surface area (TPSA) is 38.3 Å². The van der Waals surface area contributed by atoms with Gasteiger partial charge in [-0.25, -0.2) is 0 Å². The maximum absolute atomic E-state index is 12.8. The van der Waals surface area contributed by atoms with Crippen molar-refractivity contribution >= 4 is 5.91 Å². The number of nitrogens with one attached hydrogen (secondary N) is 1. The van der Waals surface area contributed by atoms with Crippen molar-refractivity contribution in [2.24, 2.45) is 40.9 Å². The highest BCUT2D eigenvalue weighted by atomic mass is 16.5. The van der Waals surface area contributed by atoms with Crippen LogP contribution in [-0.2, 0) is 9.53 Å². The van der Waals surface area contributed by atoms with Crippen molar-refractivity contribution < 1.29 is 9.53 Å². The molecule has 0 aromatic carbocycles. The lowest BCUT2D eigenvalue weighted by Crippen LogP contribution is -2.54. The minimum Gasteiger partial charge on any atom is -0.370 e. The third-order valence-corrected chi connectivity index (χ3v) is 9.72. The normalized spacial score (nSPS) is 51.5. The number of hydrogen-bond acceptors (Lipinski definition) is 2. The van der Waals surface area contributed by atoms with Gasteiger partial charge in [0.25, 0.3) is 0 Å². The van der Waals surface area contributed by atoms with E-state index in [0.717, 1.165) is 41.9 Å². The molecular weight excluding hydrogens is 346 g/mol. The van der Waals surface area contributed by atoms with E-state index in [0.29, 0.717) is 17.9 Å². The number of hydrogen-bond donors (Lipinski definition) is 1. The number of rotatable bonds is 6. The Hall–Kier alpha value is -0.570. The highest BCUT2D eigenvalue weighted by Gasteiger charge is 2.53. The molecule has 0 radical (unpaired) electrons. The lowest BCUT2D eigenvalue weighted by molar-refractivity contribution is -0.183.